The number of thioether (sulfide) groups is 2. The van der Waals surface area contributed by atoms with E-state index in [9.17, 15) is 0 Å². The van der Waals surface area contributed by atoms with Crippen LogP contribution in [0.3, 0.4) is 0 Å². The van der Waals surface area contributed by atoms with Crippen molar-refractivity contribution in [2.45, 2.75) is 37.5 Å². The highest BCUT2D eigenvalue weighted by Gasteiger charge is 2.28. The molecule has 3 rings (SSSR count). The predicted octanol–water partition coefficient (Wildman–Crippen LogP) is 3.04. The lowest BCUT2D eigenvalue weighted by Crippen LogP contribution is -2.31. The Balaban J connectivity index is 1.66. The maximum absolute atomic E-state index is 5.50. The highest BCUT2D eigenvalue weighted by molar-refractivity contribution is 8.06. The quantitative estimate of drug-likeness (QED) is 0.926. The molecular formula is C13H21N3OS2. The van der Waals surface area contributed by atoms with Gasteiger partial charge in [0.05, 0.1) is 11.3 Å². The summed E-state index contributed by atoms with van der Waals surface area (Å²) in [7, 11) is 0. The van der Waals surface area contributed by atoms with Gasteiger partial charge in [0.1, 0.15) is 0 Å². The maximum Gasteiger partial charge on any atom is 0.243 e. The highest BCUT2D eigenvalue weighted by Crippen LogP contribution is 2.36. The van der Waals surface area contributed by atoms with Crippen LogP contribution in [0.5, 0.6) is 0 Å². The van der Waals surface area contributed by atoms with E-state index in [-0.39, 0.29) is 6.04 Å². The molecule has 0 amide bonds. The molecule has 3 atom stereocenters. The Bertz CT molecular complexity index is 406. The Morgan fingerprint density at radius 3 is 3.16 bits per heavy atom. The maximum atomic E-state index is 5.50. The first kappa shape index (κ1) is 13.8. The smallest absolute Gasteiger partial charge is 0.243 e. The van der Waals surface area contributed by atoms with Gasteiger partial charge in [0.2, 0.25) is 5.89 Å². The standard InChI is InChI=1S/C13H21N3OS2/c1-2-9-3-4-14-10(7-9)13-15-12(16-17-13)11-8-18-5-6-19-11/h9-11,14H,2-8H2,1H3. The molecule has 2 saturated heterocycles. The summed E-state index contributed by atoms with van der Waals surface area (Å²) in [5.41, 5.74) is 0. The summed E-state index contributed by atoms with van der Waals surface area (Å²) >= 11 is 3.94. The van der Waals surface area contributed by atoms with E-state index < -0.39 is 0 Å². The van der Waals surface area contributed by atoms with E-state index in [0.29, 0.717) is 5.25 Å². The van der Waals surface area contributed by atoms with Crippen molar-refractivity contribution in [1.82, 2.24) is 15.5 Å². The number of aromatic nitrogens is 2. The van der Waals surface area contributed by atoms with Gasteiger partial charge in [0.15, 0.2) is 5.82 Å². The Morgan fingerprint density at radius 1 is 1.42 bits per heavy atom. The fourth-order valence-corrected chi connectivity index (χ4v) is 5.30. The zero-order valence-electron chi connectivity index (χ0n) is 11.3. The van der Waals surface area contributed by atoms with Crippen LogP contribution in [0.2, 0.25) is 0 Å². The minimum absolute atomic E-state index is 0.265. The van der Waals surface area contributed by atoms with Crippen LogP contribution in [0.25, 0.3) is 0 Å². The summed E-state index contributed by atoms with van der Waals surface area (Å²) in [6, 6.07) is 0.265. The average molecular weight is 299 g/mol. The molecule has 3 unspecified atom stereocenters. The Labute approximate surface area is 122 Å². The average Bonchev–Trinajstić information content (AvgIpc) is 2.98. The largest absolute Gasteiger partial charge is 0.338 e. The monoisotopic (exact) mass is 299 g/mol. The first-order chi connectivity index (χ1) is 9.36. The van der Waals surface area contributed by atoms with E-state index >= 15 is 0 Å². The molecule has 19 heavy (non-hydrogen) atoms. The van der Waals surface area contributed by atoms with Crippen LogP contribution in [0, 0.1) is 5.92 Å². The number of nitrogens with zero attached hydrogens (tertiary/aromatic N) is 2. The van der Waals surface area contributed by atoms with Crippen LogP contribution >= 0.6 is 23.5 Å². The van der Waals surface area contributed by atoms with Crippen molar-refractivity contribution in [3.05, 3.63) is 11.7 Å². The first-order valence-corrected chi connectivity index (χ1v) is 9.33. The predicted molar refractivity (Wildman–Crippen MR) is 80.6 cm³/mol. The molecular weight excluding hydrogens is 278 g/mol. The van der Waals surface area contributed by atoms with E-state index in [0.717, 1.165) is 36.4 Å². The molecule has 1 N–H and O–H groups in total. The van der Waals surface area contributed by atoms with Crippen molar-refractivity contribution < 1.29 is 4.52 Å². The normalized spacial score (nSPS) is 32.4. The molecule has 0 aliphatic carbocycles. The minimum Gasteiger partial charge on any atom is -0.338 e. The summed E-state index contributed by atoms with van der Waals surface area (Å²) in [4.78, 5) is 4.65. The van der Waals surface area contributed by atoms with Crippen LogP contribution in [0.4, 0.5) is 0 Å². The zero-order valence-corrected chi connectivity index (χ0v) is 12.9. The second-order valence-electron chi connectivity index (χ2n) is 5.23. The number of hydrogen-bond donors (Lipinski definition) is 1. The number of piperidine rings is 1. The summed E-state index contributed by atoms with van der Waals surface area (Å²) in [6.45, 7) is 3.33. The lowest BCUT2D eigenvalue weighted by atomic mass is 9.90. The molecule has 1 aromatic heterocycles. The van der Waals surface area contributed by atoms with Gasteiger partial charge in [-0.25, -0.2) is 0 Å². The molecule has 0 radical (unpaired) electrons. The van der Waals surface area contributed by atoms with Gasteiger partial charge in [-0.05, 0) is 25.3 Å². The minimum atomic E-state index is 0.265. The molecule has 6 heteroatoms. The molecule has 0 bridgehead atoms. The third kappa shape index (κ3) is 3.28. The molecule has 2 fully saturated rings. The molecule has 106 valence electrons. The van der Waals surface area contributed by atoms with Crippen LogP contribution in [-0.2, 0) is 0 Å². The lowest BCUT2D eigenvalue weighted by Gasteiger charge is -2.27. The van der Waals surface area contributed by atoms with Gasteiger partial charge >= 0.3 is 0 Å². The van der Waals surface area contributed by atoms with E-state index in [1.807, 2.05) is 23.5 Å². The second kappa shape index (κ2) is 6.50. The van der Waals surface area contributed by atoms with E-state index in [1.165, 1.54) is 24.3 Å². The van der Waals surface area contributed by atoms with Crippen molar-refractivity contribution >= 4 is 23.5 Å². The number of hydrogen-bond acceptors (Lipinski definition) is 6. The third-order valence-corrected chi connectivity index (χ3v) is 6.70. The molecule has 2 aliphatic rings. The van der Waals surface area contributed by atoms with Crippen molar-refractivity contribution in [3.63, 3.8) is 0 Å². The Hall–Kier alpha value is -0.200. The van der Waals surface area contributed by atoms with E-state index in [2.05, 4.69) is 22.4 Å². The molecule has 0 aromatic carbocycles. The first-order valence-electron chi connectivity index (χ1n) is 7.13. The van der Waals surface area contributed by atoms with Crippen molar-refractivity contribution in [2.75, 3.05) is 23.8 Å². The number of nitrogens with one attached hydrogen (secondary N) is 1. The topological polar surface area (TPSA) is 51.0 Å². The molecule has 2 aliphatic heterocycles. The van der Waals surface area contributed by atoms with Crippen LogP contribution < -0.4 is 5.32 Å². The SMILES string of the molecule is CCC1CCNC(c2nc(C3CSCCS3)no2)C1. The van der Waals surface area contributed by atoms with E-state index in [4.69, 9.17) is 4.52 Å². The van der Waals surface area contributed by atoms with E-state index in [1.54, 1.807) is 0 Å². The fourth-order valence-electron chi connectivity index (χ4n) is 2.71. The molecule has 0 saturated carbocycles. The van der Waals surface area contributed by atoms with Gasteiger partial charge in [-0.1, -0.05) is 18.5 Å². The summed E-state index contributed by atoms with van der Waals surface area (Å²) in [5, 5.41) is 8.13. The van der Waals surface area contributed by atoms with Gasteiger partial charge in [0, 0.05) is 17.3 Å². The third-order valence-electron chi connectivity index (χ3n) is 3.95. The molecule has 4 nitrogen and oxygen atoms in total. The van der Waals surface area contributed by atoms with Gasteiger partial charge in [-0.3, -0.25) is 0 Å². The lowest BCUT2D eigenvalue weighted by molar-refractivity contribution is 0.245. The zero-order chi connectivity index (χ0) is 13.1. The van der Waals surface area contributed by atoms with Crippen molar-refractivity contribution in [3.8, 4) is 0 Å². The van der Waals surface area contributed by atoms with Crippen LogP contribution in [0.1, 0.15) is 49.2 Å². The highest BCUT2D eigenvalue weighted by atomic mass is 32.2. The Kier molecular flexibility index (Phi) is 4.71. The molecule has 3 heterocycles. The summed E-state index contributed by atoms with van der Waals surface area (Å²) in [6.07, 6.45) is 3.64. The van der Waals surface area contributed by atoms with Crippen LogP contribution in [0.15, 0.2) is 4.52 Å². The van der Waals surface area contributed by atoms with Gasteiger partial charge in [0.25, 0.3) is 0 Å². The fraction of sp³-hybridized carbons (Fsp3) is 0.846. The summed E-state index contributed by atoms with van der Waals surface area (Å²) in [5.74, 6) is 6.03. The second-order valence-corrected chi connectivity index (χ2v) is 7.69. The molecule has 1 aromatic rings. The van der Waals surface area contributed by atoms with Crippen LogP contribution in [-0.4, -0.2) is 33.9 Å². The van der Waals surface area contributed by atoms with Crippen molar-refractivity contribution in [1.29, 1.82) is 0 Å². The van der Waals surface area contributed by atoms with Gasteiger partial charge < -0.3 is 9.84 Å². The Morgan fingerprint density at radius 2 is 2.37 bits per heavy atom. The van der Waals surface area contributed by atoms with Gasteiger partial charge in [-0.2, -0.15) is 16.7 Å². The van der Waals surface area contributed by atoms with Crippen molar-refractivity contribution in [2.24, 2.45) is 5.92 Å². The number of rotatable bonds is 3. The molecule has 0 spiro atoms. The van der Waals surface area contributed by atoms with Gasteiger partial charge in [-0.15, -0.1) is 11.8 Å². The summed E-state index contributed by atoms with van der Waals surface area (Å²) < 4.78 is 5.50.